The van der Waals surface area contributed by atoms with E-state index in [-0.39, 0.29) is 18.1 Å². The molecule has 0 aliphatic rings. The molecule has 0 aliphatic carbocycles. The summed E-state index contributed by atoms with van der Waals surface area (Å²) in [5, 5.41) is 10.4. The van der Waals surface area contributed by atoms with E-state index in [1.165, 1.54) is 29.9 Å². The quantitative estimate of drug-likeness (QED) is 0.812. The van der Waals surface area contributed by atoms with Crippen LogP contribution >= 0.6 is 11.3 Å². The lowest BCUT2D eigenvalue weighted by atomic mass is 10.1. The molecule has 0 fully saturated rings. The van der Waals surface area contributed by atoms with Gasteiger partial charge < -0.3 is 9.84 Å². The molecular weight excluding hydrogens is 262 g/mol. The first kappa shape index (κ1) is 14.6. The second-order valence-electron chi connectivity index (χ2n) is 4.33. The van der Waals surface area contributed by atoms with E-state index >= 15 is 0 Å². The van der Waals surface area contributed by atoms with Crippen molar-refractivity contribution in [3.63, 3.8) is 0 Å². The van der Waals surface area contributed by atoms with Crippen LogP contribution in [0.25, 0.3) is 0 Å². The molecule has 1 rings (SSSR count). The van der Waals surface area contributed by atoms with Crippen LogP contribution in [0.15, 0.2) is 16.3 Å². The average Bonchev–Trinajstić information content (AvgIpc) is 2.64. The highest BCUT2D eigenvalue weighted by Gasteiger charge is 2.26. The predicted octanol–water partition coefficient (Wildman–Crippen LogP) is 0.944. The first-order valence-electron chi connectivity index (χ1n) is 5.02. The molecule has 1 heterocycles. The van der Waals surface area contributed by atoms with Crippen molar-refractivity contribution in [3.8, 4) is 0 Å². The van der Waals surface area contributed by atoms with Gasteiger partial charge in [0.05, 0.1) is 23.6 Å². The van der Waals surface area contributed by atoms with E-state index < -0.39 is 15.6 Å². The van der Waals surface area contributed by atoms with Crippen LogP contribution in [-0.4, -0.2) is 32.8 Å². The number of ether oxygens (including phenoxy) is 1. The Kier molecular flexibility index (Phi) is 4.68. The van der Waals surface area contributed by atoms with Crippen LogP contribution in [0.3, 0.4) is 0 Å². The van der Waals surface area contributed by atoms with Crippen molar-refractivity contribution < 1.29 is 18.3 Å². The summed E-state index contributed by atoms with van der Waals surface area (Å²) in [6.45, 7) is 3.62. The molecule has 2 N–H and O–H groups in total. The van der Waals surface area contributed by atoms with Gasteiger partial charge in [-0.25, -0.2) is 13.1 Å². The molecule has 1 aromatic heterocycles. The molecule has 17 heavy (non-hydrogen) atoms. The maximum absolute atomic E-state index is 12.0. The number of methoxy groups -OCH3 is 1. The van der Waals surface area contributed by atoms with Crippen molar-refractivity contribution in [1.29, 1.82) is 0 Å². The van der Waals surface area contributed by atoms with Gasteiger partial charge in [0.2, 0.25) is 10.0 Å². The smallest absolute Gasteiger partial charge is 0.241 e. The molecular formula is C10H17NO4S2. The van der Waals surface area contributed by atoms with E-state index in [9.17, 15) is 8.42 Å². The minimum atomic E-state index is -3.56. The lowest BCUT2D eigenvalue weighted by molar-refractivity contribution is 0.141. The Balaban J connectivity index is 2.88. The third-order valence-electron chi connectivity index (χ3n) is 2.01. The molecule has 0 aromatic carbocycles. The average molecular weight is 279 g/mol. The highest BCUT2D eigenvalue weighted by molar-refractivity contribution is 7.89. The number of aliphatic hydroxyl groups is 1. The molecule has 98 valence electrons. The lowest BCUT2D eigenvalue weighted by Crippen LogP contribution is -2.46. The Hall–Kier alpha value is -0.470. The summed E-state index contributed by atoms with van der Waals surface area (Å²) < 4.78 is 31.5. The van der Waals surface area contributed by atoms with Crippen LogP contribution in [0.1, 0.15) is 18.7 Å². The Morgan fingerprint density at radius 2 is 2.18 bits per heavy atom. The number of rotatable bonds is 6. The number of hydrogen-bond donors (Lipinski definition) is 2. The number of nitrogens with one attached hydrogen (secondary N) is 1. The van der Waals surface area contributed by atoms with Crippen molar-refractivity contribution in [1.82, 2.24) is 4.72 Å². The zero-order chi connectivity index (χ0) is 13.1. The third-order valence-corrected chi connectivity index (χ3v) is 4.76. The molecule has 0 saturated carbocycles. The highest BCUT2D eigenvalue weighted by atomic mass is 32.2. The summed E-state index contributed by atoms with van der Waals surface area (Å²) in [5.41, 5.74) is -0.672. The van der Waals surface area contributed by atoms with Gasteiger partial charge in [-0.3, -0.25) is 0 Å². The molecule has 0 radical (unpaired) electrons. The highest BCUT2D eigenvalue weighted by Crippen LogP contribution is 2.20. The van der Waals surface area contributed by atoms with E-state index in [0.29, 0.717) is 4.88 Å². The van der Waals surface area contributed by atoms with Crippen LogP contribution in [0.5, 0.6) is 0 Å². The third kappa shape index (κ3) is 4.04. The van der Waals surface area contributed by atoms with Gasteiger partial charge in [-0.15, -0.1) is 11.3 Å². The summed E-state index contributed by atoms with van der Waals surface area (Å²) in [7, 11) is -2.04. The number of thiophene rings is 1. The first-order valence-corrected chi connectivity index (χ1v) is 7.38. The summed E-state index contributed by atoms with van der Waals surface area (Å²) in [6, 6.07) is 1.47. The van der Waals surface area contributed by atoms with Crippen molar-refractivity contribution in [2.45, 2.75) is 30.9 Å². The molecule has 0 spiro atoms. The van der Waals surface area contributed by atoms with Crippen LogP contribution < -0.4 is 4.72 Å². The topological polar surface area (TPSA) is 75.6 Å². The fourth-order valence-electron chi connectivity index (χ4n) is 1.40. The SMILES string of the molecule is COCC(C)(C)NS(=O)(=O)c1csc(CO)c1. The normalized spacial score (nSPS) is 12.9. The molecule has 1 aromatic rings. The van der Waals surface area contributed by atoms with Crippen LogP contribution in [0.2, 0.25) is 0 Å². The van der Waals surface area contributed by atoms with Gasteiger partial charge in [0.25, 0.3) is 0 Å². The van der Waals surface area contributed by atoms with Gasteiger partial charge in [0.1, 0.15) is 0 Å². The molecule has 0 unspecified atom stereocenters. The van der Waals surface area contributed by atoms with Crippen molar-refractivity contribution in [2.75, 3.05) is 13.7 Å². The standard InChI is InChI=1S/C10H17NO4S2/c1-10(2,7-15-3)11-17(13,14)9-4-8(5-12)16-6-9/h4,6,11-12H,5,7H2,1-3H3. The zero-order valence-corrected chi connectivity index (χ0v) is 11.7. The molecule has 0 amide bonds. The summed E-state index contributed by atoms with van der Waals surface area (Å²) in [5.74, 6) is 0. The van der Waals surface area contributed by atoms with Gasteiger partial charge >= 0.3 is 0 Å². The van der Waals surface area contributed by atoms with Gasteiger partial charge in [0, 0.05) is 17.4 Å². The van der Waals surface area contributed by atoms with Gasteiger partial charge in [0.15, 0.2) is 0 Å². The number of sulfonamides is 1. The molecule has 0 bridgehead atoms. The van der Waals surface area contributed by atoms with E-state index in [0.717, 1.165) is 0 Å². The van der Waals surface area contributed by atoms with Crippen LogP contribution in [0.4, 0.5) is 0 Å². The Morgan fingerprint density at radius 3 is 2.65 bits per heavy atom. The fourth-order valence-corrected chi connectivity index (χ4v) is 3.93. The monoisotopic (exact) mass is 279 g/mol. The van der Waals surface area contributed by atoms with Crippen molar-refractivity contribution in [2.24, 2.45) is 0 Å². The largest absolute Gasteiger partial charge is 0.391 e. The minimum Gasteiger partial charge on any atom is -0.391 e. The molecule has 7 heteroatoms. The summed E-state index contributed by atoms with van der Waals surface area (Å²) >= 11 is 1.22. The van der Waals surface area contributed by atoms with Crippen molar-refractivity contribution in [3.05, 3.63) is 16.3 Å². The molecule has 0 saturated heterocycles. The number of aliphatic hydroxyl groups excluding tert-OH is 1. The van der Waals surface area contributed by atoms with Crippen LogP contribution in [-0.2, 0) is 21.4 Å². The van der Waals surface area contributed by atoms with Gasteiger partial charge in [-0.2, -0.15) is 0 Å². The molecule has 0 aliphatic heterocycles. The zero-order valence-electron chi connectivity index (χ0n) is 10.1. The predicted molar refractivity (Wildman–Crippen MR) is 66.5 cm³/mol. The Labute approximate surface area is 105 Å². The molecule has 5 nitrogen and oxygen atoms in total. The summed E-state index contributed by atoms with van der Waals surface area (Å²) in [4.78, 5) is 0.797. The second-order valence-corrected chi connectivity index (χ2v) is 7.01. The minimum absolute atomic E-state index is 0.151. The van der Waals surface area contributed by atoms with Crippen molar-refractivity contribution >= 4 is 21.4 Å². The Bertz CT molecular complexity index is 464. The maximum atomic E-state index is 12.0. The van der Waals surface area contributed by atoms with Gasteiger partial charge in [-0.05, 0) is 19.9 Å². The number of hydrogen-bond acceptors (Lipinski definition) is 5. The van der Waals surface area contributed by atoms with Gasteiger partial charge in [-0.1, -0.05) is 0 Å². The fraction of sp³-hybridized carbons (Fsp3) is 0.600. The van der Waals surface area contributed by atoms with E-state index in [1.54, 1.807) is 13.8 Å². The van der Waals surface area contributed by atoms with Crippen LogP contribution in [0, 0.1) is 0 Å². The van der Waals surface area contributed by atoms with E-state index in [4.69, 9.17) is 9.84 Å². The first-order chi connectivity index (χ1) is 7.80. The molecule has 0 atom stereocenters. The second kappa shape index (κ2) is 5.45. The van der Waals surface area contributed by atoms with E-state index in [1.807, 2.05) is 0 Å². The Morgan fingerprint density at radius 1 is 1.53 bits per heavy atom. The maximum Gasteiger partial charge on any atom is 0.241 e. The van der Waals surface area contributed by atoms with E-state index in [2.05, 4.69) is 4.72 Å². The summed E-state index contributed by atoms with van der Waals surface area (Å²) in [6.07, 6.45) is 0. The lowest BCUT2D eigenvalue weighted by Gasteiger charge is -2.24.